The van der Waals surface area contributed by atoms with Gasteiger partial charge in [0.15, 0.2) is 5.96 Å². The molecule has 2 unspecified atom stereocenters. The molecule has 2 aliphatic carbocycles. The molecule has 2 atom stereocenters. The Kier molecular flexibility index (Phi) is 4.83. The van der Waals surface area contributed by atoms with Crippen molar-refractivity contribution in [3.63, 3.8) is 0 Å². The molecule has 1 aliphatic heterocycles. The quantitative estimate of drug-likeness (QED) is 0.479. The smallest absolute Gasteiger partial charge is 0.310 e. The lowest BCUT2D eigenvalue weighted by Gasteiger charge is -2.41. The Morgan fingerprint density at radius 2 is 2.09 bits per heavy atom. The highest BCUT2D eigenvalue weighted by Gasteiger charge is 2.49. The Morgan fingerprint density at radius 3 is 2.61 bits per heavy atom. The number of aliphatic imine (C=N–C) groups is 1. The van der Waals surface area contributed by atoms with Gasteiger partial charge in [-0.3, -0.25) is 9.79 Å². The largest absolute Gasteiger partial charge is 0.469 e. The van der Waals surface area contributed by atoms with Crippen LogP contribution in [-0.4, -0.2) is 50.1 Å². The molecule has 0 amide bonds. The molecule has 1 saturated heterocycles. The fourth-order valence-electron chi connectivity index (χ4n) is 4.28. The normalized spacial score (nSPS) is 30.0. The maximum Gasteiger partial charge on any atom is 0.310 e. The molecule has 130 valence electrons. The summed E-state index contributed by atoms with van der Waals surface area (Å²) in [5, 5.41) is 3.43. The Balaban J connectivity index is 1.66. The Morgan fingerprint density at radius 1 is 1.35 bits per heavy atom. The second-order valence-corrected chi connectivity index (χ2v) is 7.67. The number of rotatable bonds is 5. The molecular weight excluding hydrogens is 290 g/mol. The van der Waals surface area contributed by atoms with E-state index in [0.717, 1.165) is 38.1 Å². The van der Waals surface area contributed by atoms with Gasteiger partial charge in [-0.15, -0.1) is 0 Å². The summed E-state index contributed by atoms with van der Waals surface area (Å²) in [6.07, 6.45) is 6.87. The zero-order valence-corrected chi connectivity index (χ0v) is 14.8. The summed E-state index contributed by atoms with van der Waals surface area (Å²) < 4.78 is 4.95. The number of esters is 1. The van der Waals surface area contributed by atoms with E-state index in [1.165, 1.54) is 39.2 Å². The van der Waals surface area contributed by atoms with Crippen LogP contribution in [-0.2, 0) is 9.53 Å². The summed E-state index contributed by atoms with van der Waals surface area (Å²) in [5.74, 6) is 2.09. The lowest BCUT2D eigenvalue weighted by atomic mass is 9.65. The molecule has 1 N–H and O–H groups in total. The number of hydrogen-bond donors (Lipinski definition) is 1. The summed E-state index contributed by atoms with van der Waals surface area (Å²) in [5.41, 5.74) is 0.494. The number of nitrogens with zero attached hydrogens (tertiary/aromatic N) is 2. The predicted octanol–water partition coefficient (Wildman–Crippen LogP) is 2.27. The van der Waals surface area contributed by atoms with Crippen LogP contribution in [0.5, 0.6) is 0 Å². The summed E-state index contributed by atoms with van der Waals surface area (Å²) in [7, 11) is 1.48. The van der Waals surface area contributed by atoms with E-state index >= 15 is 0 Å². The first-order chi connectivity index (χ1) is 11.1. The van der Waals surface area contributed by atoms with Crippen LogP contribution in [0.4, 0.5) is 0 Å². The first-order valence-electron chi connectivity index (χ1n) is 9.20. The molecule has 0 radical (unpaired) electrons. The van der Waals surface area contributed by atoms with Crippen molar-refractivity contribution < 1.29 is 9.53 Å². The van der Waals surface area contributed by atoms with Crippen LogP contribution >= 0.6 is 0 Å². The van der Waals surface area contributed by atoms with Crippen LogP contribution < -0.4 is 5.32 Å². The van der Waals surface area contributed by atoms with Gasteiger partial charge in [-0.25, -0.2) is 0 Å². The van der Waals surface area contributed by atoms with Crippen LogP contribution in [0.25, 0.3) is 0 Å². The molecule has 5 nitrogen and oxygen atoms in total. The third kappa shape index (κ3) is 3.33. The van der Waals surface area contributed by atoms with E-state index in [1.807, 2.05) is 0 Å². The highest BCUT2D eigenvalue weighted by Crippen LogP contribution is 2.57. The molecule has 3 rings (SSSR count). The van der Waals surface area contributed by atoms with Crippen molar-refractivity contribution >= 4 is 11.9 Å². The van der Waals surface area contributed by atoms with Crippen molar-refractivity contribution in [2.75, 3.05) is 33.3 Å². The van der Waals surface area contributed by atoms with E-state index in [4.69, 9.17) is 9.73 Å². The summed E-state index contributed by atoms with van der Waals surface area (Å²) in [6.45, 7) is 7.64. The van der Waals surface area contributed by atoms with Crippen molar-refractivity contribution in [2.24, 2.45) is 28.2 Å². The number of ether oxygens (including phenoxy) is 1. The molecular formula is C18H31N3O2. The van der Waals surface area contributed by atoms with Crippen molar-refractivity contribution in [3.05, 3.63) is 0 Å². The number of methoxy groups -OCH3 is 1. The minimum absolute atomic E-state index is 0.0371. The minimum Gasteiger partial charge on any atom is -0.469 e. The third-order valence-corrected chi connectivity index (χ3v) is 6.09. The number of hydrogen-bond acceptors (Lipinski definition) is 3. The molecule has 0 aromatic rings. The fraction of sp³-hybridized carbons (Fsp3) is 0.889. The number of nitrogens with one attached hydrogen (secondary N) is 1. The molecule has 0 spiro atoms. The molecule has 3 aliphatic rings. The van der Waals surface area contributed by atoms with Gasteiger partial charge in [0.2, 0.25) is 0 Å². The first-order valence-corrected chi connectivity index (χ1v) is 9.20. The topological polar surface area (TPSA) is 53.9 Å². The van der Waals surface area contributed by atoms with Crippen molar-refractivity contribution in [3.8, 4) is 0 Å². The van der Waals surface area contributed by atoms with E-state index in [2.05, 4.69) is 24.1 Å². The van der Waals surface area contributed by atoms with Gasteiger partial charge in [0.1, 0.15) is 0 Å². The predicted molar refractivity (Wildman–Crippen MR) is 91.2 cm³/mol. The monoisotopic (exact) mass is 321 g/mol. The number of carbonyl (C=O) groups is 1. The maximum atomic E-state index is 11.9. The zero-order chi connectivity index (χ0) is 16.4. The van der Waals surface area contributed by atoms with E-state index in [9.17, 15) is 4.79 Å². The van der Waals surface area contributed by atoms with Gasteiger partial charge >= 0.3 is 5.97 Å². The van der Waals surface area contributed by atoms with Gasteiger partial charge in [-0.1, -0.05) is 13.3 Å². The van der Waals surface area contributed by atoms with E-state index in [0.29, 0.717) is 11.3 Å². The van der Waals surface area contributed by atoms with Crippen molar-refractivity contribution in [1.82, 2.24) is 10.2 Å². The van der Waals surface area contributed by atoms with Crippen LogP contribution in [0, 0.1) is 23.2 Å². The molecule has 23 heavy (non-hydrogen) atoms. The molecule has 2 saturated carbocycles. The van der Waals surface area contributed by atoms with E-state index < -0.39 is 0 Å². The number of carbonyl (C=O) groups excluding carboxylic acids is 1. The minimum atomic E-state index is -0.0932. The van der Waals surface area contributed by atoms with Crippen LogP contribution in [0.2, 0.25) is 0 Å². The van der Waals surface area contributed by atoms with Crippen LogP contribution in [0.1, 0.15) is 46.0 Å². The molecule has 1 heterocycles. The summed E-state index contributed by atoms with van der Waals surface area (Å²) in [6, 6.07) is 0. The molecule has 5 heteroatoms. The summed E-state index contributed by atoms with van der Waals surface area (Å²) in [4.78, 5) is 19.1. The van der Waals surface area contributed by atoms with Gasteiger partial charge in [0.25, 0.3) is 0 Å². The zero-order valence-electron chi connectivity index (χ0n) is 14.8. The Bertz CT molecular complexity index is 469. The van der Waals surface area contributed by atoms with Crippen LogP contribution in [0.15, 0.2) is 4.99 Å². The van der Waals surface area contributed by atoms with Crippen LogP contribution in [0.3, 0.4) is 0 Å². The second kappa shape index (κ2) is 6.70. The SMILES string of the molecule is CCNC(=NCC1(C2CC2)CCC1)N1CC(C)C(C(=O)OC)C1. The fourth-order valence-corrected chi connectivity index (χ4v) is 4.28. The van der Waals surface area contributed by atoms with Gasteiger partial charge in [0, 0.05) is 26.2 Å². The molecule has 3 fully saturated rings. The number of likely N-dealkylation sites (tertiary alicyclic amines) is 1. The average molecular weight is 321 g/mol. The molecule has 0 bridgehead atoms. The van der Waals surface area contributed by atoms with Gasteiger partial charge in [0.05, 0.1) is 13.0 Å². The van der Waals surface area contributed by atoms with Crippen molar-refractivity contribution in [1.29, 1.82) is 0 Å². The average Bonchev–Trinajstić information content (AvgIpc) is 3.27. The second-order valence-electron chi connectivity index (χ2n) is 7.67. The highest BCUT2D eigenvalue weighted by molar-refractivity contribution is 5.82. The number of guanidine groups is 1. The van der Waals surface area contributed by atoms with Crippen molar-refractivity contribution in [2.45, 2.75) is 46.0 Å². The Labute approximate surface area is 139 Å². The molecule has 0 aromatic carbocycles. The van der Waals surface area contributed by atoms with E-state index in [1.54, 1.807) is 0 Å². The summed E-state index contributed by atoms with van der Waals surface area (Å²) >= 11 is 0. The Hall–Kier alpha value is -1.26. The standard InChI is InChI=1S/C18H31N3O2/c1-4-19-17(20-12-18(8-5-9-18)14-6-7-14)21-10-13(2)15(11-21)16(22)23-3/h13-15H,4-12H2,1-3H3,(H,19,20). The van der Waals surface area contributed by atoms with Gasteiger partial charge < -0.3 is 15.0 Å². The maximum absolute atomic E-state index is 11.9. The lowest BCUT2D eigenvalue weighted by Crippen LogP contribution is -2.42. The first kappa shape index (κ1) is 16.6. The third-order valence-electron chi connectivity index (χ3n) is 6.09. The lowest BCUT2D eigenvalue weighted by molar-refractivity contribution is -0.145. The van der Waals surface area contributed by atoms with Gasteiger partial charge in [-0.05, 0) is 49.9 Å². The highest BCUT2D eigenvalue weighted by atomic mass is 16.5. The van der Waals surface area contributed by atoms with E-state index in [-0.39, 0.29) is 11.9 Å². The molecule has 0 aromatic heterocycles. The van der Waals surface area contributed by atoms with Gasteiger partial charge in [-0.2, -0.15) is 0 Å².